The summed E-state index contributed by atoms with van der Waals surface area (Å²) in [6, 6.07) is 26.2. The van der Waals surface area contributed by atoms with Gasteiger partial charge in [0.05, 0.1) is 24.1 Å². The number of hydrogen-bond donors (Lipinski definition) is 1. The summed E-state index contributed by atoms with van der Waals surface area (Å²) in [5, 5.41) is 3.03. The fourth-order valence-electron chi connectivity index (χ4n) is 4.01. The van der Waals surface area contributed by atoms with Crippen LogP contribution in [-0.2, 0) is 24.2 Å². The van der Waals surface area contributed by atoms with E-state index in [2.05, 4.69) is 41.1 Å². The van der Waals surface area contributed by atoms with Crippen LogP contribution in [0.1, 0.15) is 29.8 Å². The molecule has 0 saturated carbocycles. The maximum absolute atomic E-state index is 12.2. The summed E-state index contributed by atoms with van der Waals surface area (Å²) in [6.45, 7) is 4.22. The highest BCUT2D eigenvalue weighted by molar-refractivity contribution is 5.78. The number of aryl methyl sites for hydroxylation is 3. The maximum Gasteiger partial charge on any atom is 0.224 e. The molecule has 33 heavy (non-hydrogen) atoms. The van der Waals surface area contributed by atoms with Gasteiger partial charge in [-0.1, -0.05) is 60.7 Å². The van der Waals surface area contributed by atoms with Crippen molar-refractivity contribution in [3.63, 3.8) is 0 Å². The second kappa shape index (κ2) is 11.3. The minimum atomic E-state index is 0.0584. The fraction of sp³-hybridized carbons (Fsp3) is 0.286. The molecule has 0 radical (unpaired) electrons. The third kappa shape index (κ3) is 6.22. The third-order valence-electron chi connectivity index (χ3n) is 5.72. The van der Waals surface area contributed by atoms with Gasteiger partial charge in [0.15, 0.2) is 0 Å². The largest absolute Gasteiger partial charge is 0.493 e. The number of aromatic nitrogens is 2. The van der Waals surface area contributed by atoms with Crippen molar-refractivity contribution in [2.24, 2.45) is 0 Å². The highest BCUT2D eigenvalue weighted by Crippen LogP contribution is 2.19. The van der Waals surface area contributed by atoms with E-state index < -0.39 is 0 Å². The lowest BCUT2D eigenvalue weighted by Crippen LogP contribution is -2.26. The SMILES string of the molecule is Cc1ccccc1OCCCn1c(CCCNC(=O)Cc2ccccc2)nc2ccccc21. The lowest BCUT2D eigenvalue weighted by Gasteiger charge is -2.12. The summed E-state index contributed by atoms with van der Waals surface area (Å²) in [4.78, 5) is 17.1. The maximum atomic E-state index is 12.2. The number of hydrogen-bond acceptors (Lipinski definition) is 3. The van der Waals surface area contributed by atoms with E-state index in [4.69, 9.17) is 9.72 Å². The standard InChI is InChI=1S/C28H31N3O2/c1-22-11-5-8-16-26(22)33-20-10-19-31-25-15-7-6-14-24(25)30-27(31)17-9-18-29-28(32)21-23-12-3-2-4-13-23/h2-8,11-16H,9-10,17-21H2,1H3,(H,29,32). The topological polar surface area (TPSA) is 56.1 Å². The molecule has 3 aromatic carbocycles. The van der Waals surface area contributed by atoms with E-state index in [1.807, 2.05) is 54.6 Å². The summed E-state index contributed by atoms with van der Waals surface area (Å²) in [6.07, 6.45) is 2.98. The molecule has 0 fully saturated rings. The van der Waals surface area contributed by atoms with Crippen molar-refractivity contribution in [2.75, 3.05) is 13.2 Å². The summed E-state index contributed by atoms with van der Waals surface area (Å²) in [5.41, 5.74) is 4.35. The molecule has 0 bridgehead atoms. The van der Waals surface area contributed by atoms with Crippen molar-refractivity contribution in [2.45, 2.75) is 39.2 Å². The summed E-state index contributed by atoms with van der Waals surface area (Å²) in [7, 11) is 0. The van der Waals surface area contributed by atoms with E-state index in [9.17, 15) is 4.79 Å². The number of imidazole rings is 1. The van der Waals surface area contributed by atoms with Crippen LogP contribution in [-0.4, -0.2) is 28.6 Å². The number of nitrogens with zero attached hydrogens (tertiary/aromatic N) is 2. The first-order valence-corrected chi connectivity index (χ1v) is 11.6. The zero-order valence-electron chi connectivity index (χ0n) is 19.2. The Morgan fingerprint density at radius 2 is 1.70 bits per heavy atom. The lowest BCUT2D eigenvalue weighted by atomic mass is 10.1. The highest BCUT2D eigenvalue weighted by atomic mass is 16.5. The van der Waals surface area contributed by atoms with E-state index in [0.717, 1.165) is 59.5 Å². The molecule has 0 unspecified atom stereocenters. The number of carbonyl (C=O) groups excluding carboxylic acids is 1. The number of nitrogens with one attached hydrogen (secondary N) is 1. The van der Waals surface area contributed by atoms with Crippen LogP contribution < -0.4 is 10.1 Å². The smallest absolute Gasteiger partial charge is 0.224 e. The molecule has 0 aliphatic rings. The Hall–Kier alpha value is -3.60. The predicted molar refractivity (Wildman–Crippen MR) is 133 cm³/mol. The minimum Gasteiger partial charge on any atom is -0.493 e. The van der Waals surface area contributed by atoms with Crippen LogP contribution in [0.25, 0.3) is 11.0 Å². The molecule has 0 spiro atoms. The zero-order chi connectivity index (χ0) is 22.9. The number of fused-ring (bicyclic) bond motifs is 1. The molecule has 170 valence electrons. The minimum absolute atomic E-state index is 0.0584. The van der Waals surface area contributed by atoms with Gasteiger partial charge in [0, 0.05) is 19.5 Å². The number of para-hydroxylation sites is 3. The van der Waals surface area contributed by atoms with Crippen molar-refractivity contribution in [1.29, 1.82) is 0 Å². The van der Waals surface area contributed by atoms with Gasteiger partial charge in [-0.3, -0.25) is 4.79 Å². The van der Waals surface area contributed by atoms with Crippen LogP contribution >= 0.6 is 0 Å². The summed E-state index contributed by atoms with van der Waals surface area (Å²) in [5.74, 6) is 2.06. The molecule has 0 atom stereocenters. The van der Waals surface area contributed by atoms with Crippen LogP contribution in [0.2, 0.25) is 0 Å². The first kappa shape index (κ1) is 22.6. The van der Waals surface area contributed by atoms with Gasteiger partial charge in [-0.2, -0.15) is 0 Å². The van der Waals surface area contributed by atoms with Crippen molar-refractivity contribution in [1.82, 2.24) is 14.9 Å². The molecule has 1 heterocycles. The normalized spacial score (nSPS) is 10.9. The van der Waals surface area contributed by atoms with Crippen molar-refractivity contribution < 1.29 is 9.53 Å². The Morgan fingerprint density at radius 1 is 0.939 bits per heavy atom. The zero-order valence-corrected chi connectivity index (χ0v) is 19.2. The summed E-state index contributed by atoms with van der Waals surface area (Å²) < 4.78 is 8.27. The average Bonchev–Trinajstić information content (AvgIpc) is 3.18. The van der Waals surface area contributed by atoms with Gasteiger partial charge >= 0.3 is 0 Å². The van der Waals surface area contributed by atoms with Crippen LogP contribution in [0.3, 0.4) is 0 Å². The quantitative estimate of drug-likeness (QED) is 0.329. The number of rotatable bonds is 11. The molecule has 1 aromatic heterocycles. The van der Waals surface area contributed by atoms with E-state index in [1.54, 1.807) is 0 Å². The number of ether oxygens (including phenoxy) is 1. The molecule has 1 N–H and O–H groups in total. The third-order valence-corrected chi connectivity index (χ3v) is 5.72. The van der Waals surface area contributed by atoms with E-state index in [-0.39, 0.29) is 5.91 Å². The molecular formula is C28H31N3O2. The molecule has 0 aliphatic carbocycles. The Bertz CT molecular complexity index is 1180. The molecule has 4 aromatic rings. The second-order valence-corrected chi connectivity index (χ2v) is 8.25. The second-order valence-electron chi connectivity index (χ2n) is 8.25. The van der Waals surface area contributed by atoms with Crippen LogP contribution in [0.15, 0.2) is 78.9 Å². The monoisotopic (exact) mass is 441 g/mol. The summed E-state index contributed by atoms with van der Waals surface area (Å²) >= 11 is 0. The van der Waals surface area contributed by atoms with Gasteiger partial charge in [-0.15, -0.1) is 0 Å². The highest BCUT2D eigenvalue weighted by Gasteiger charge is 2.11. The molecule has 1 amide bonds. The molecule has 5 heteroatoms. The van der Waals surface area contributed by atoms with Gasteiger partial charge < -0.3 is 14.6 Å². The first-order chi connectivity index (χ1) is 16.2. The van der Waals surface area contributed by atoms with Gasteiger partial charge in [0.25, 0.3) is 0 Å². The van der Waals surface area contributed by atoms with E-state index >= 15 is 0 Å². The van der Waals surface area contributed by atoms with Gasteiger partial charge in [0.1, 0.15) is 11.6 Å². The number of benzene rings is 3. The van der Waals surface area contributed by atoms with Crippen LogP contribution in [0, 0.1) is 6.92 Å². The van der Waals surface area contributed by atoms with E-state index in [1.165, 1.54) is 0 Å². The molecular weight excluding hydrogens is 410 g/mol. The average molecular weight is 442 g/mol. The molecule has 4 rings (SSSR count). The van der Waals surface area contributed by atoms with Crippen LogP contribution in [0.4, 0.5) is 0 Å². The van der Waals surface area contributed by atoms with Gasteiger partial charge in [-0.25, -0.2) is 4.98 Å². The Morgan fingerprint density at radius 3 is 2.55 bits per heavy atom. The van der Waals surface area contributed by atoms with Gasteiger partial charge in [0.2, 0.25) is 5.91 Å². The Labute approximate surface area is 195 Å². The molecule has 5 nitrogen and oxygen atoms in total. The van der Waals surface area contributed by atoms with Crippen molar-refractivity contribution in [3.05, 3.63) is 95.8 Å². The predicted octanol–water partition coefficient (Wildman–Crippen LogP) is 5.11. The number of amides is 1. The molecule has 0 aliphatic heterocycles. The lowest BCUT2D eigenvalue weighted by molar-refractivity contribution is -0.120. The Kier molecular flexibility index (Phi) is 7.75. The molecule has 0 saturated heterocycles. The van der Waals surface area contributed by atoms with Crippen LogP contribution in [0.5, 0.6) is 5.75 Å². The van der Waals surface area contributed by atoms with Gasteiger partial charge in [-0.05, 0) is 49.1 Å². The van der Waals surface area contributed by atoms with Crippen molar-refractivity contribution >= 4 is 16.9 Å². The van der Waals surface area contributed by atoms with E-state index in [0.29, 0.717) is 19.6 Å². The van der Waals surface area contributed by atoms with Crippen molar-refractivity contribution in [3.8, 4) is 5.75 Å². The number of carbonyl (C=O) groups is 1. The first-order valence-electron chi connectivity index (χ1n) is 11.6. The Balaban J connectivity index is 1.30. The fourth-order valence-corrected chi connectivity index (χ4v) is 4.01.